The first-order valence-corrected chi connectivity index (χ1v) is 7.61. The molecule has 3 heterocycles. The number of rotatable bonds is 1. The molecule has 1 fully saturated rings. The molecule has 2 aliphatic rings. The van der Waals surface area contributed by atoms with Gasteiger partial charge in [0, 0.05) is 31.3 Å². The predicted molar refractivity (Wildman–Crippen MR) is 86.4 cm³/mol. The van der Waals surface area contributed by atoms with Crippen molar-refractivity contribution in [3.05, 3.63) is 42.3 Å². The lowest BCUT2D eigenvalue weighted by Gasteiger charge is -2.34. The Morgan fingerprint density at radius 2 is 2.08 bits per heavy atom. The number of hydrogen-bond acceptors (Lipinski definition) is 5. The summed E-state index contributed by atoms with van der Waals surface area (Å²) in [7, 11) is 0. The summed E-state index contributed by atoms with van der Waals surface area (Å²) in [6.07, 6.45) is 4.14. The van der Waals surface area contributed by atoms with E-state index in [1.807, 2.05) is 12.3 Å². The van der Waals surface area contributed by atoms with E-state index in [2.05, 4.69) is 15.6 Å². The van der Waals surface area contributed by atoms with Gasteiger partial charge in [-0.05, 0) is 23.8 Å². The van der Waals surface area contributed by atoms with Crippen LogP contribution in [0.25, 0.3) is 11.1 Å². The van der Waals surface area contributed by atoms with Crippen LogP contribution in [0.5, 0.6) is 0 Å². The second kappa shape index (κ2) is 5.20. The van der Waals surface area contributed by atoms with Crippen molar-refractivity contribution in [2.75, 3.05) is 23.7 Å². The molecule has 24 heavy (non-hydrogen) atoms. The minimum absolute atomic E-state index is 0.229. The number of nitrogens with one attached hydrogen (secondary N) is 2. The maximum atomic E-state index is 13.0. The van der Waals surface area contributed by atoms with Crippen molar-refractivity contribution >= 4 is 17.4 Å². The number of pyridine rings is 1. The Morgan fingerprint density at radius 3 is 2.79 bits per heavy atom. The van der Waals surface area contributed by atoms with E-state index >= 15 is 0 Å². The number of carbonyl (C=O) groups is 1. The van der Waals surface area contributed by atoms with E-state index in [0.29, 0.717) is 25.3 Å². The number of anilines is 2. The number of nitrogens with zero attached hydrogens (tertiary/aromatic N) is 3. The number of benzene rings is 1. The fourth-order valence-electron chi connectivity index (χ4n) is 3.16. The standard InChI is InChI=1S/C17H14FN5O/c18-13-3-1-11(2-4-13)12-7-14-15(20-8-12)22-17(9-21-14)5-6-23(10-19)16(17)24/h1-4,7-8,21H,5-6,9H2,(H,20,22). The maximum Gasteiger partial charge on any atom is 0.263 e. The molecule has 2 aromatic rings. The average Bonchev–Trinajstić information content (AvgIpc) is 2.91. The third-order valence-electron chi connectivity index (χ3n) is 4.54. The minimum atomic E-state index is -0.812. The van der Waals surface area contributed by atoms with Crippen LogP contribution in [0, 0.1) is 17.3 Å². The summed E-state index contributed by atoms with van der Waals surface area (Å²) in [6.45, 7) is 0.804. The summed E-state index contributed by atoms with van der Waals surface area (Å²) in [6, 6.07) is 8.12. The normalized spacial score (nSPS) is 21.8. The molecule has 0 aliphatic carbocycles. The van der Waals surface area contributed by atoms with Crippen molar-refractivity contribution in [3.63, 3.8) is 0 Å². The van der Waals surface area contributed by atoms with E-state index in [1.165, 1.54) is 17.0 Å². The second-order valence-corrected chi connectivity index (χ2v) is 5.99. The summed E-state index contributed by atoms with van der Waals surface area (Å²) in [4.78, 5) is 18.0. The van der Waals surface area contributed by atoms with Crippen LogP contribution in [0.15, 0.2) is 36.5 Å². The molecular weight excluding hydrogens is 309 g/mol. The van der Waals surface area contributed by atoms with Crippen LogP contribution in [-0.2, 0) is 4.79 Å². The lowest BCUT2D eigenvalue weighted by atomic mass is 9.95. The average molecular weight is 323 g/mol. The van der Waals surface area contributed by atoms with Gasteiger partial charge in [-0.25, -0.2) is 14.3 Å². The number of halogens is 1. The van der Waals surface area contributed by atoms with Crippen LogP contribution in [-0.4, -0.2) is 34.4 Å². The summed E-state index contributed by atoms with van der Waals surface area (Å²) < 4.78 is 13.0. The first kappa shape index (κ1) is 14.5. The van der Waals surface area contributed by atoms with Crippen LogP contribution in [0.3, 0.4) is 0 Å². The molecule has 1 aromatic carbocycles. The lowest BCUT2D eigenvalue weighted by molar-refractivity contribution is -0.128. The van der Waals surface area contributed by atoms with E-state index in [-0.39, 0.29) is 11.7 Å². The Balaban J connectivity index is 1.64. The highest BCUT2D eigenvalue weighted by molar-refractivity contribution is 5.95. The van der Waals surface area contributed by atoms with Crippen molar-refractivity contribution in [1.29, 1.82) is 5.26 Å². The zero-order valence-electron chi connectivity index (χ0n) is 12.7. The van der Waals surface area contributed by atoms with E-state index < -0.39 is 5.54 Å². The van der Waals surface area contributed by atoms with Crippen molar-refractivity contribution < 1.29 is 9.18 Å². The van der Waals surface area contributed by atoms with Gasteiger partial charge in [0.15, 0.2) is 6.19 Å². The highest BCUT2D eigenvalue weighted by Crippen LogP contribution is 2.36. The first-order chi connectivity index (χ1) is 11.6. The Labute approximate surface area is 137 Å². The fraction of sp³-hybridized carbons (Fsp3) is 0.235. The molecule has 0 bridgehead atoms. The molecular formula is C17H14FN5O. The van der Waals surface area contributed by atoms with Crippen LogP contribution < -0.4 is 10.6 Å². The molecule has 0 radical (unpaired) electrons. The fourth-order valence-corrected chi connectivity index (χ4v) is 3.16. The predicted octanol–water partition coefficient (Wildman–Crippen LogP) is 2.18. The van der Waals surface area contributed by atoms with E-state index in [1.54, 1.807) is 18.3 Å². The summed E-state index contributed by atoms with van der Waals surface area (Å²) in [5, 5.41) is 15.4. The van der Waals surface area contributed by atoms with Crippen LogP contribution in [0.1, 0.15) is 6.42 Å². The number of aromatic nitrogens is 1. The molecule has 1 atom stereocenters. The van der Waals surface area contributed by atoms with Crippen LogP contribution >= 0.6 is 0 Å². The van der Waals surface area contributed by atoms with E-state index in [9.17, 15) is 9.18 Å². The van der Waals surface area contributed by atoms with Gasteiger partial charge in [-0.15, -0.1) is 0 Å². The van der Waals surface area contributed by atoms with Crippen LogP contribution in [0.4, 0.5) is 15.9 Å². The van der Waals surface area contributed by atoms with E-state index in [0.717, 1.165) is 16.8 Å². The molecule has 1 unspecified atom stereocenters. The van der Waals surface area contributed by atoms with Crippen molar-refractivity contribution in [1.82, 2.24) is 9.88 Å². The molecule has 1 saturated heterocycles. The number of fused-ring (bicyclic) bond motifs is 1. The van der Waals surface area contributed by atoms with Crippen molar-refractivity contribution in [3.8, 4) is 17.3 Å². The molecule has 2 N–H and O–H groups in total. The molecule has 4 rings (SSSR count). The van der Waals surface area contributed by atoms with Crippen molar-refractivity contribution in [2.24, 2.45) is 0 Å². The van der Waals surface area contributed by atoms with Gasteiger partial charge < -0.3 is 10.6 Å². The maximum absolute atomic E-state index is 13.0. The summed E-state index contributed by atoms with van der Waals surface area (Å²) in [5.74, 6) is 0.0704. The number of carbonyl (C=O) groups excluding carboxylic acids is 1. The molecule has 120 valence electrons. The Hall–Kier alpha value is -3.14. The lowest BCUT2D eigenvalue weighted by Crippen LogP contribution is -2.53. The van der Waals surface area contributed by atoms with Crippen molar-refractivity contribution in [2.45, 2.75) is 12.0 Å². The second-order valence-electron chi connectivity index (χ2n) is 5.99. The highest BCUT2D eigenvalue weighted by atomic mass is 19.1. The molecule has 1 aromatic heterocycles. The van der Waals surface area contributed by atoms with Crippen LogP contribution in [0.2, 0.25) is 0 Å². The number of hydrogen-bond donors (Lipinski definition) is 2. The third-order valence-corrected chi connectivity index (χ3v) is 4.54. The smallest absolute Gasteiger partial charge is 0.263 e. The van der Waals surface area contributed by atoms with Gasteiger partial charge in [0.2, 0.25) is 0 Å². The molecule has 6 nitrogen and oxygen atoms in total. The van der Waals surface area contributed by atoms with E-state index in [4.69, 9.17) is 5.26 Å². The van der Waals surface area contributed by atoms with Gasteiger partial charge in [-0.1, -0.05) is 12.1 Å². The van der Waals surface area contributed by atoms with Gasteiger partial charge >= 0.3 is 0 Å². The van der Waals surface area contributed by atoms with Gasteiger partial charge in [0.25, 0.3) is 5.91 Å². The van der Waals surface area contributed by atoms with Gasteiger partial charge in [-0.2, -0.15) is 5.26 Å². The zero-order valence-corrected chi connectivity index (χ0v) is 12.7. The number of nitriles is 1. The van der Waals surface area contributed by atoms with Gasteiger partial charge in [-0.3, -0.25) is 4.79 Å². The Bertz CT molecular complexity index is 860. The topological polar surface area (TPSA) is 81.1 Å². The van der Waals surface area contributed by atoms with Gasteiger partial charge in [0.1, 0.15) is 17.2 Å². The largest absolute Gasteiger partial charge is 0.379 e. The Morgan fingerprint density at radius 1 is 1.29 bits per heavy atom. The third kappa shape index (κ3) is 2.15. The summed E-state index contributed by atoms with van der Waals surface area (Å²) >= 11 is 0. The highest BCUT2D eigenvalue weighted by Gasteiger charge is 2.49. The van der Waals surface area contributed by atoms with Gasteiger partial charge in [0.05, 0.1) is 5.69 Å². The Kier molecular flexibility index (Phi) is 3.13. The molecule has 1 spiro atoms. The number of amides is 1. The summed E-state index contributed by atoms with van der Waals surface area (Å²) in [5.41, 5.74) is 1.69. The number of likely N-dealkylation sites (tertiary alicyclic amines) is 1. The monoisotopic (exact) mass is 323 g/mol. The molecule has 1 amide bonds. The minimum Gasteiger partial charge on any atom is -0.379 e. The zero-order chi connectivity index (χ0) is 16.7. The molecule has 2 aliphatic heterocycles. The molecule has 7 heteroatoms. The SMILES string of the molecule is N#CN1CCC2(CNc3cc(-c4ccc(F)cc4)cnc3N2)C1=O. The molecule has 0 saturated carbocycles. The quantitative estimate of drug-likeness (QED) is 0.786. The first-order valence-electron chi connectivity index (χ1n) is 7.61.